The molecule has 244 valence electrons. The molecule has 4 aliphatic carbocycles. The summed E-state index contributed by atoms with van der Waals surface area (Å²) in [6, 6.07) is 6.71. The van der Waals surface area contributed by atoms with E-state index in [4.69, 9.17) is 9.47 Å². The van der Waals surface area contributed by atoms with Crippen molar-refractivity contribution in [3.05, 3.63) is 83.5 Å². The molecule has 8 aliphatic rings. The van der Waals surface area contributed by atoms with Gasteiger partial charge in [0.2, 0.25) is 0 Å². The maximum absolute atomic E-state index is 15.0. The standard InChI is InChI=1S/C38H40N2O7/c1-3-13-39-15-11-35-28-20-5-7-24(41)31(28)46-33(35)22(9-10-37(35,44)26(39)17-20)23-19-38(45)27-18-21-6-8-25(42)32-29(21)36(38,34(47-32)30(23)43)12-16-40(27)14-4-2/h3-9,23,26-27,33-34,41-42,44-45H,1-2,10-19H2/t23?,26?,27?,33?,34?,35-,36-,37+,38+/m0/s1. The highest BCUT2D eigenvalue weighted by Crippen LogP contribution is 2.69. The number of hydrogen-bond donors (Lipinski definition) is 4. The zero-order chi connectivity index (χ0) is 32.2. The number of aliphatic hydroxyl groups is 2. The van der Waals surface area contributed by atoms with E-state index in [-0.39, 0.29) is 35.8 Å². The maximum Gasteiger partial charge on any atom is 0.181 e. The van der Waals surface area contributed by atoms with E-state index in [1.165, 1.54) is 0 Å². The van der Waals surface area contributed by atoms with E-state index in [1.54, 1.807) is 12.1 Å². The summed E-state index contributed by atoms with van der Waals surface area (Å²) < 4.78 is 13.3. The first-order valence-electron chi connectivity index (χ1n) is 17.1. The fraction of sp³-hybridized carbons (Fsp3) is 0.500. The lowest BCUT2D eigenvalue weighted by molar-refractivity contribution is -0.196. The van der Waals surface area contributed by atoms with Crippen molar-refractivity contribution in [1.82, 2.24) is 9.80 Å². The Morgan fingerprint density at radius 2 is 1.34 bits per heavy atom. The molecular formula is C38H40N2O7. The summed E-state index contributed by atoms with van der Waals surface area (Å²) in [4.78, 5) is 19.6. The molecule has 9 atom stereocenters. The molecule has 9 heteroatoms. The third kappa shape index (κ3) is 2.94. The highest BCUT2D eigenvalue weighted by molar-refractivity contribution is 5.94. The van der Waals surface area contributed by atoms with Gasteiger partial charge in [0.05, 0.1) is 22.0 Å². The van der Waals surface area contributed by atoms with Gasteiger partial charge in [-0.25, -0.2) is 0 Å². The summed E-state index contributed by atoms with van der Waals surface area (Å²) in [6.07, 6.45) is 6.88. The van der Waals surface area contributed by atoms with E-state index in [2.05, 4.69) is 23.0 Å². The van der Waals surface area contributed by atoms with Gasteiger partial charge >= 0.3 is 0 Å². The number of phenols is 2. The normalized spacial score (nSPS) is 41.7. The molecule has 1 saturated carbocycles. The van der Waals surface area contributed by atoms with Crippen LogP contribution in [-0.4, -0.2) is 97.7 Å². The van der Waals surface area contributed by atoms with Gasteiger partial charge in [0, 0.05) is 55.3 Å². The Balaban J connectivity index is 1.14. The Labute approximate surface area is 273 Å². The molecule has 2 saturated heterocycles. The quantitative estimate of drug-likeness (QED) is 0.367. The number of hydrogen-bond acceptors (Lipinski definition) is 9. The molecular weight excluding hydrogens is 596 g/mol. The fourth-order valence-corrected chi connectivity index (χ4v) is 12.1. The van der Waals surface area contributed by atoms with Crippen molar-refractivity contribution in [3.8, 4) is 23.0 Å². The number of benzene rings is 2. The molecule has 0 amide bonds. The predicted octanol–water partition coefficient (Wildman–Crippen LogP) is 2.81. The van der Waals surface area contributed by atoms with Crippen molar-refractivity contribution in [2.45, 2.75) is 84.8 Å². The van der Waals surface area contributed by atoms with Gasteiger partial charge in [-0.1, -0.05) is 30.4 Å². The lowest BCUT2D eigenvalue weighted by Gasteiger charge is -2.65. The zero-order valence-corrected chi connectivity index (χ0v) is 26.3. The van der Waals surface area contributed by atoms with Crippen molar-refractivity contribution in [1.29, 1.82) is 0 Å². The second-order valence-electron chi connectivity index (χ2n) is 15.3. The van der Waals surface area contributed by atoms with Crippen LogP contribution in [0.2, 0.25) is 0 Å². The first-order chi connectivity index (χ1) is 22.6. The Kier molecular flexibility index (Phi) is 5.36. The number of aromatic hydroxyl groups is 2. The second kappa shape index (κ2) is 8.88. The minimum Gasteiger partial charge on any atom is -0.504 e. The Morgan fingerprint density at radius 3 is 1.91 bits per heavy atom. The summed E-state index contributed by atoms with van der Waals surface area (Å²) in [5, 5.41) is 48.2. The largest absolute Gasteiger partial charge is 0.504 e. The van der Waals surface area contributed by atoms with Gasteiger partial charge in [-0.15, -0.1) is 13.2 Å². The number of piperidine rings is 2. The van der Waals surface area contributed by atoms with Crippen LogP contribution in [-0.2, 0) is 28.5 Å². The van der Waals surface area contributed by atoms with Crippen LogP contribution in [0.4, 0.5) is 0 Å². The summed E-state index contributed by atoms with van der Waals surface area (Å²) in [7, 11) is 0. The van der Waals surface area contributed by atoms with Crippen LogP contribution >= 0.6 is 0 Å². The van der Waals surface area contributed by atoms with E-state index < -0.39 is 40.2 Å². The molecule has 4 N–H and O–H groups in total. The van der Waals surface area contributed by atoms with Crippen molar-refractivity contribution >= 4 is 5.78 Å². The molecule has 0 aromatic heterocycles. The summed E-state index contributed by atoms with van der Waals surface area (Å²) in [5.74, 6) is -0.110. The smallest absolute Gasteiger partial charge is 0.181 e. The van der Waals surface area contributed by atoms with Crippen molar-refractivity contribution in [2.75, 3.05) is 26.2 Å². The molecule has 47 heavy (non-hydrogen) atoms. The molecule has 4 aliphatic heterocycles. The van der Waals surface area contributed by atoms with Crippen LogP contribution in [0.5, 0.6) is 23.0 Å². The number of nitrogens with zero attached hydrogens (tertiary/aromatic N) is 2. The molecule has 3 fully saturated rings. The number of carbonyl (C=O) groups is 1. The van der Waals surface area contributed by atoms with E-state index >= 15 is 4.79 Å². The minimum absolute atomic E-state index is 0.0101. The van der Waals surface area contributed by atoms with Crippen LogP contribution in [0, 0.1) is 5.92 Å². The van der Waals surface area contributed by atoms with Crippen LogP contribution in [0.3, 0.4) is 0 Å². The van der Waals surface area contributed by atoms with E-state index in [0.29, 0.717) is 69.8 Å². The van der Waals surface area contributed by atoms with Gasteiger partial charge in [0.25, 0.3) is 0 Å². The summed E-state index contributed by atoms with van der Waals surface area (Å²) in [6.45, 7) is 10.6. The lowest BCUT2D eigenvalue weighted by Crippen LogP contribution is -2.78. The maximum atomic E-state index is 15.0. The Morgan fingerprint density at radius 1 is 0.809 bits per heavy atom. The molecule has 4 bridgehead atoms. The third-order valence-corrected chi connectivity index (χ3v) is 13.8. The topological polar surface area (TPSA) is 123 Å². The number of Topliss-reactive ketones (excluding diaryl/α,β-unsaturated/α-hetero) is 1. The van der Waals surface area contributed by atoms with Gasteiger partial charge in [0.1, 0.15) is 6.10 Å². The number of rotatable bonds is 5. The third-order valence-electron chi connectivity index (χ3n) is 13.8. The monoisotopic (exact) mass is 636 g/mol. The number of phenolic OH excluding ortho intramolecular Hbond substituents is 2. The number of likely N-dealkylation sites (tertiary alicyclic amines) is 2. The summed E-state index contributed by atoms with van der Waals surface area (Å²) >= 11 is 0. The van der Waals surface area contributed by atoms with E-state index in [9.17, 15) is 20.4 Å². The highest BCUT2D eigenvalue weighted by Gasteiger charge is 2.77. The fourth-order valence-electron chi connectivity index (χ4n) is 12.1. The predicted molar refractivity (Wildman–Crippen MR) is 172 cm³/mol. The zero-order valence-electron chi connectivity index (χ0n) is 26.3. The molecule has 10 rings (SSSR count). The van der Waals surface area contributed by atoms with Crippen LogP contribution in [0.25, 0.3) is 0 Å². The molecule has 0 radical (unpaired) electrons. The second-order valence-corrected chi connectivity index (χ2v) is 15.3. The summed E-state index contributed by atoms with van der Waals surface area (Å²) in [5.41, 5.74) is 0.117. The molecule has 2 spiro atoms. The SMILES string of the molecule is C=CCN1CC[C@]23c4c5ccc(O)c4OC2C(=O)C(C2=CC[C@@]4(O)C6Cc7ccc(O)c8c7[C@@]4(CCN6CC=C)C2O8)C[C@@]3(O)C1C5. The average Bonchev–Trinajstić information content (AvgIpc) is 3.59. The van der Waals surface area contributed by atoms with Crippen LogP contribution in [0.15, 0.2) is 61.2 Å². The molecule has 4 heterocycles. The number of ether oxygens (including phenoxy) is 2. The minimum atomic E-state index is -1.34. The molecule has 9 nitrogen and oxygen atoms in total. The van der Waals surface area contributed by atoms with Gasteiger partial charge in [0.15, 0.2) is 34.9 Å². The van der Waals surface area contributed by atoms with Crippen molar-refractivity contribution < 1.29 is 34.7 Å². The van der Waals surface area contributed by atoms with Crippen LogP contribution < -0.4 is 9.47 Å². The molecule has 5 unspecified atom stereocenters. The van der Waals surface area contributed by atoms with Gasteiger partial charge in [-0.2, -0.15) is 0 Å². The van der Waals surface area contributed by atoms with Crippen molar-refractivity contribution in [2.24, 2.45) is 5.92 Å². The average molecular weight is 637 g/mol. The van der Waals surface area contributed by atoms with E-state index in [1.807, 2.05) is 30.4 Å². The van der Waals surface area contributed by atoms with Gasteiger partial charge in [-0.05, 0) is 67.4 Å². The van der Waals surface area contributed by atoms with Gasteiger partial charge < -0.3 is 29.9 Å². The number of carbonyl (C=O) groups excluding carboxylic acids is 1. The Hall–Kier alpha value is -3.63. The van der Waals surface area contributed by atoms with Crippen LogP contribution in [0.1, 0.15) is 47.9 Å². The first kappa shape index (κ1) is 28.4. The lowest BCUT2D eigenvalue weighted by atomic mass is 9.44. The Bertz CT molecular complexity index is 1850. The van der Waals surface area contributed by atoms with Crippen molar-refractivity contribution in [3.63, 3.8) is 0 Å². The first-order valence-corrected chi connectivity index (χ1v) is 17.1. The number of ketones is 1. The van der Waals surface area contributed by atoms with Gasteiger partial charge in [-0.3, -0.25) is 14.6 Å². The van der Waals surface area contributed by atoms with E-state index in [0.717, 1.165) is 27.8 Å². The molecule has 2 aromatic rings. The highest BCUT2D eigenvalue weighted by atomic mass is 16.5. The molecule has 2 aromatic carbocycles.